The highest BCUT2D eigenvalue weighted by molar-refractivity contribution is 7.89. The molecule has 1 N–H and O–H groups in total. The van der Waals surface area contributed by atoms with Crippen LogP contribution in [0, 0.1) is 0 Å². The Hall–Kier alpha value is -2.05. The summed E-state index contributed by atoms with van der Waals surface area (Å²) >= 11 is 12.4. The van der Waals surface area contributed by atoms with E-state index in [-0.39, 0.29) is 11.4 Å². The summed E-state index contributed by atoms with van der Waals surface area (Å²) in [5.74, 6) is 0. The van der Waals surface area contributed by atoms with Crippen LogP contribution in [-0.2, 0) is 16.6 Å². The minimum Gasteiger partial charge on any atom is -0.364 e. The van der Waals surface area contributed by atoms with E-state index in [0.29, 0.717) is 21.3 Å². The van der Waals surface area contributed by atoms with Crippen molar-refractivity contribution >= 4 is 38.9 Å². The van der Waals surface area contributed by atoms with Gasteiger partial charge in [-0.1, -0.05) is 71.7 Å². The van der Waals surface area contributed by atoms with Crippen LogP contribution in [0.5, 0.6) is 0 Å². The Balaban J connectivity index is 1.86. The van der Waals surface area contributed by atoms with Crippen LogP contribution in [0.25, 0.3) is 0 Å². The summed E-state index contributed by atoms with van der Waals surface area (Å²) < 4.78 is 28.2. The number of sulfonamides is 1. The van der Waals surface area contributed by atoms with Crippen LogP contribution in [0.4, 0.5) is 5.69 Å². The fourth-order valence-corrected chi connectivity index (χ4v) is 5.37. The molecule has 1 aliphatic rings. The van der Waals surface area contributed by atoms with Gasteiger partial charge in [0, 0.05) is 22.2 Å². The van der Waals surface area contributed by atoms with E-state index in [2.05, 4.69) is 5.32 Å². The van der Waals surface area contributed by atoms with Gasteiger partial charge in [-0.3, -0.25) is 0 Å². The lowest BCUT2D eigenvalue weighted by molar-refractivity contribution is 0.336. The lowest BCUT2D eigenvalue weighted by atomic mass is 10.1. The second-order valence-corrected chi connectivity index (χ2v) is 8.95. The third-order valence-electron chi connectivity index (χ3n) is 4.49. The normalized spacial score (nSPS) is 18.5. The van der Waals surface area contributed by atoms with Crippen molar-refractivity contribution in [1.29, 1.82) is 0 Å². The van der Waals surface area contributed by atoms with Gasteiger partial charge < -0.3 is 5.32 Å². The zero-order valence-electron chi connectivity index (χ0n) is 14.1. The maximum atomic E-state index is 13.4. The molecule has 4 rings (SSSR count). The summed E-state index contributed by atoms with van der Waals surface area (Å²) in [5.41, 5.74) is 2.09. The standard InChI is InChI=1S/C20H16Cl2N2O2S/c21-15-10-11-16(17(22)12-15)20-23-18-8-4-5-9-19(18)27(25,26)24(20)13-14-6-2-1-3-7-14/h1-12,20,23H,13H2/t20-/m1/s1. The minimum absolute atomic E-state index is 0.216. The molecule has 3 aromatic carbocycles. The lowest BCUT2D eigenvalue weighted by Gasteiger charge is -2.37. The number of para-hydroxylation sites is 1. The van der Waals surface area contributed by atoms with Crippen molar-refractivity contribution in [3.05, 3.63) is 94.0 Å². The van der Waals surface area contributed by atoms with Gasteiger partial charge in [-0.15, -0.1) is 0 Å². The molecular weight excluding hydrogens is 403 g/mol. The smallest absolute Gasteiger partial charge is 0.247 e. The largest absolute Gasteiger partial charge is 0.364 e. The first-order chi connectivity index (χ1) is 13.0. The molecule has 4 nitrogen and oxygen atoms in total. The van der Waals surface area contributed by atoms with Gasteiger partial charge in [-0.25, -0.2) is 8.42 Å². The molecule has 0 bridgehead atoms. The van der Waals surface area contributed by atoms with Gasteiger partial charge in [0.25, 0.3) is 0 Å². The lowest BCUT2D eigenvalue weighted by Crippen LogP contribution is -2.42. The van der Waals surface area contributed by atoms with Crippen LogP contribution in [0.3, 0.4) is 0 Å². The van der Waals surface area contributed by atoms with E-state index in [1.165, 1.54) is 4.31 Å². The van der Waals surface area contributed by atoms with Gasteiger partial charge in [0.15, 0.2) is 0 Å². The maximum Gasteiger partial charge on any atom is 0.247 e. The second kappa shape index (κ2) is 7.17. The number of benzene rings is 3. The van der Waals surface area contributed by atoms with Gasteiger partial charge in [0.05, 0.1) is 5.69 Å². The molecule has 0 aromatic heterocycles. The Morgan fingerprint density at radius 3 is 2.37 bits per heavy atom. The summed E-state index contributed by atoms with van der Waals surface area (Å²) in [6.45, 7) is 0.216. The van der Waals surface area contributed by atoms with Crippen LogP contribution in [0.1, 0.15) is 17.3 Å². The molecule has 0 unspecified atom stereocenters. The third-order valence-corrected chi connectivity index (χ3v) is 6.92. The summed E-state index contributed by atoms with van der Waals surface area (Å²) in [6, 6.07) is 21.4. The molecule has 0 amide bonds. The van der Waals surface area contributed by atoms with Crippen molar-refractivity contribution in [3.63, 3.8) is 0 Å². The van der Waals surface area contributed by atoms with Crippen LogP contribution < -0.4 is 5.32 Å². The molecule has 3 aromatic rings. The highest BCUT2D eigenvalue weighted by atomic mass is 35.5. The topological polar surface area (TPSA) is 49.4 Å². The maximum absolute atomic E-state index is 13.4. The van der Waals surface area contributed by atoms with Crippen LogP contribution >= 0.6 is 23.2 Å². The Bertz CT molecular complexity index is 1090. The van der Waals surface area contributed by atoms with Gasteiger partial charge in [0.1, 0.15) is 11.1 Å². The fourth-order valence-electron chi connectivity index (χ4n) is 3.19. The molecule has 1 heterocycles. The molecule has 0 fully saturated rings. The number of hydrogen-bond acceptors (Lipinski definition) is 3. The zero-order valence-corrected chi connectivity index (χ0v) is 16.5. The summed E-state index contributed by atoms with van der Waals surface area (Å²) in [6.07, 6.45) is -0.644. The highest BCUT2D eigenvalue weighted by Gasteiger charge is 2.39. The van der Waals surface area contributed by atoms with Crippen molar-refractivity contribution in [2.24, 2.45) is 0 Å². The predicted molar refractivity (Wildman–Crippen MR) is 108 cm³/mol. The zero-order chi connectivity index (χ0) is 19.0. The number of rotatable bonds is 3. The first kappa shape index (κ1) is 18.3. The number of nitrogens with one attached hydrogen (secondary N) is 1. The number of anilines is 1. The van der Waals surface area contributed by atoms with E-state index in [1.54, 1.807) is 42.5 Å². The van der Waals surface area contributed by atoms with Crippen molar-refractivity contribution in [3.8, 4) is 0 Å². The second-order valence-electron chi connectivity index (χ2n) is 6.24. The molecule has 0 spiro atoms. The van der Waals surface area contributed by atoms with Crippen LogP contribution in [0.2, 0.25) is 10.0 Å². The van der Waals surface area contributed by atoms with Crippen LogP contribution in [0.15, 0.2) is 77.7 Å². The Morgan fingerprint density at radius 1 is 0.926 bits per heavy atom. The molecule has 1 atom stereocenters. The molecule has 0 saturated heterocycles. The summed E-state index contributed by atoms with van der Waals surface area (Å²) in [4.78, 5) is 0.252. The van der Waals surface area contributed by atoms with Crippen molar-refractivity contribution in [1.82, 2.24) is 4.31 Å². The Morgan fingerprint density at radius 2 is 1.63 bits per heavy atom. The van der Waals surface area contributed by atoms with Crippen molar-refractivity contribution < 1.29 is 8.42 Å². The van der Waals surface area contributed by atoms with Crippen LogP contribution in [-0.4, -0.2) is 12.7 Å². The SMILES string of the molecule is O=S1(=O)c2ccccc2N[C@@H](c2ccc(Cl)cc2Cl)N1Cc1ccccc1. The van der Waals surface area contributed by atoms with E-state index in [0.717, 1.165) is 5.56 Å². The first-order valence-corrected chi connectivity index (χ1v) is 10.5. The third kappa shape index (κ3) is 3.44. The number of halogens is 2. The fraction of sp³-hybridized carbons (Fsp3) is 0.100. The average molecular weight is 419 g/mol. The van der Waals surface area contributed by atoms with Gasteiger partial charge >= 0.3 is 0 Å². The number of nitrogens with zero attached hydrogens (tertiary/aromatic N) is 1. The first-order valence-electron chi connectivity index (χ1n) is 8.33. The van der Waals surface area contributed by atoms with Gasteiger partial charge in [0.2, 0.25) is 10.0 Å². The van der Waals surface area contributed by atoms with E-state index < -0.39 is 16.2 Å². The van der Waals surface area contributed by atoms with E-state index in [1.807, 2.05) is 30.3 Å². The Kier molecular flexibility index (Phi) is 4.86. The van der Waals surface area contributed by atoms with Crippen molar-refractivity contribution in [2.75, 3.05) is 5.32 Å². The quantitative estimate of drug-likeness (QED) is 0.626. The molecule has 138 valence electrons. The molecule has 0 saturated carbocycles. The highest BCUT2D eigenvalue weighted by Crippen LogP contribution is 2.41. The molecular formula is C20H16Cl2N2O2S. The number of hydrogen-bond donors (Lipinski definition) is 1. The minimum atomic E-state index is -3.73. The monoisotopic (exact) mass is 418 g/mol. The van der Waals surface area contributed by atoms with Gasteiger partial charge in [-0.05, 0) is 29.8 Å². The van der Waals surface area contributed by atoms with E-state index in [9.17, 15) is 8.42 Å². The van der Waals surface area contributed by atoms with Gasteiger partial charge in [-0.2, -0.15) is 4.31 Å². The van der Waals surface area contributed by atoms with Crippen molar-refractivity contribution in [2.45, 2.75) is 17.6 Å². The Labute approximate surface area is 168 Å². The molecule has 27 heavy (non-hydrogen) atoms. The predicted octanol–water partition coefficient (Wildman–Crippen LogP) is 5.31. The molecule has 0 aliphatic carbocycles. The number of fused-ring (bicyclic) bond motifs is 1. The summed E-state index contributed by atoms with van der Waals surface area (Å²) in [5, 5.41) is 4.23. The van der Waals surface area contributed by atoms with E-state index >= 15 is 0 Å². The van der Waals surface area contributed by atoms with E-state index in [4.69, 9.17) is 23.2 Å². The summed E-state index contributed by atoms with van der Waals surface area (Å²) in [7, 11) is -3.73. The molecule has 7 heteroatoms. The molecule has 0 radical (unpaired) electrons. The average Bonchev–Trinajstić information content (AvgIpc) is 2.65. The molecule has 1 aliphatic heterocycles.